The van der Waals surface area contributed by atoms with Gasteiger partial charge in [0, 0.05) is 23.2 Å². The molecule has 104 valence electrons. The van der Waals surface area contributed by atoms with Crippen LogP contribution in [0.4, 0.5) is 11.4 Å². The van der Waals surface area contributed by atoms with Crippen molar-refractivity contribution in [1.29, 1.82) is 0 Å². The van der Waals surface area contributed by atoms with Crippen LogP contribution < -0.4 is 10.6 Å². The van der Waals surface area contributed by atoms with Gasteiger partial charge in [0.25, 0.3) is 0 Å². The average molecular weight is 349 g/mol. The van der Waals surface area contributed by atoms with Crippen LogP contribution in [-0.2, 0) is 9.84 Å². The summed E-state index contributed by atoms with van der Waals surface area (Å²) in [5, 5.41) is 9.05. The number of carboxylic acid groups (broad SMARTS) is 1. The number of benzene rings is 1. The third-order valence-electron chi connectivity index (χ3n) is 3.03. The zero-order valence-corrected chi connectivity index (χ0v) is 12.4. The number of rotatable bonds is 2. The topological polar surface area (TPSA) is 101 Å². The SMILES string of the molecule is Nc1cc(Br)c(N2CCS(=O)(=O)CC2)cc1C(=O)O. The van der Waals surface area contributed by atoms with Gasteiger partial charge in [-0.15, -0.1) is 0 Å². The zero-order valence-electron chi connectivity index (χ0n) is 9.97. The van der Waals surface area contributed by atoms with Crippen LogP contribution in [0, 0.1) is 0 Å². The molecule has 0 saturated carbocycles. The van der Waals surface area contributed by atoms with Crippen LogP contribution >= 0.6 is 15.9 Å². The lowest BCUT2D eigenvalue weighted by Gasteiger charge is -2.30. The third kappa shape index (κ3) is 3.01. The van der Waals surface area contributed by atoms with Gasteiger partial charge in [0.05, 0.1) is 22.8 Å². The maximum atomic E-state index is 11.4. The van der Waals surface area contributed by atoms with E-state index in [1.165, 1.54) is 12.1 Å². The van der Waals surface area contributed by atoms with E-state index in [1.807, 2.05) is 4.90 Å². The second kappa shape index (κ2) is 5.01. The Kier molecular flexibility index (Phi) is 3.73. The van der Waals surface area contributed by atoms with Gasteiger partial charge in [-0.3, -0.25) is 0 Å². The summed E-state index contributed by atoms with van der Waals surface area (Å²) < 4.78 is 23.4. The predicted octanol–water partition coefficient (Wildman–Crippen LogP) is 0.964. The highest BCUT2D eigenvalue weighted by Gasteiger charge is 2.24. The first kappa shape index (κ1) is 14.1. The molecule has 8 heteroatoms. The van der Waals surface area contributed by atoms with Crippen LogP contribution in [0.15, 0.2) is 16.6 Å². The Morgan fingerprint density at radius 1 is 1.32 bits per heavy atom. The first-order valence-electron chi connectivity index (χ1n) is 5.58. The largest absolute Gasteiger partial charge is 0.478 e. The van der Waals surface area contributed by atoms with Crippen LogP contribution in [0.25, 0.3) is 0 Å². The van der Waals surface area contributed by atoms with Crippen LogP contribution in [-0.4, -0.2) is 44.1 Å². The van der Waals surface area contributed by atoms with E-state index in [1.54, 1.807) is 0 Å². The number of anilines is 2. The normalized spacial score (nSPS) is 18.3. The minimum Gasteiger partial charge on any atom is -0.478 e. The van der Waals surface area contributed by atoms with E-state index in [-0.39, 0.29) is 22.8 Å². The summed E-state index contributed by atoms with van der Waals surface area (Å²) in [7, 11) is -2.97. The lowest BCUT2D eigenvalue weighted by Crippen LogP contribution is -2.40. The second-order valence-corrected chi connectivity index (χ2v) is 7.49. The van der Waals surface area contributed by atoms with Gasteiger partial charge in [0.1, 0.15) is 0 Å². The van der Waals surface area contributed by atoms with E-state index in [9.17, 15) is 13.2 Å². The highest BCUT2D eigenvalue weighted by molar-refractivity contribution is 9.10. The molecule has 1 aromatic carbocycles. The Morgan fingerprint density at radius 2 is 1.89 bits per heavy atom. The minimum absolute atomic E-state index is 0.0200. The van der Waals surface area contributed by atoms with E-state index < -0.39 is 15.8 Å². The van der Waals surface area contributed by atoms with Crippen LogP contribution in [0.1, 0.15) is 10.4 Å². The molecule has 0 aliphatic carbocycles. The lowest BCUT2D eigenvalue weighted by molar-refractivity contribution is 0.0698. The number of nitrogens with two attached hydrogens (primary N) is 1. The molecule has 0 atom stereocenters. The number of halogens is 1. The molecule has 1 saturated heterocycles. The number of hydrogen-bond donors (Lipinski definition) is 2. The molecule has 2 rings (SSSR count). The van der Waals surface area contributed by atoms with Crippen molar-refractivity contribution in [2.24, 2.45) is 0 Å². The molecule has 3 N–H and O–H groups in total. The van der Waals surface area contributed by atoms with Gasteiger partial charge in [0.2, 0.25) is 0 Å². The summed E-state index contributed by atoms with van der Waals surface area (Å²) >= 11 is 3.33. The Balaban J connectivity index is 2.35. The molecule has 1 heterocycles. The molecule has 19 heavy (non-hydrogen) atoms. The molecule has 1 aliphatic rings. The Bertz CT molecular complexity index is 616. The minimum atomic E-state index is -2.97. The van der Waals surface area contributed by atoms with E-state index in [2.05, 4.69) is 15.9 Å². The van der Waals surface area contributed by atoms with E-state index in [0.717, 1.165) is 0 Å². The van der Waals surface area contributed by atoms with Crippen molar-refractivity contribution >= 4 is 43.1 Å². The van der Waals surface area contributed by atoms with Gasteiger partial charge in [0.15, 0.2) is 9.84 Å². The number of carboxylic acids is 1. The fourth-order valence-electron chi connectivity index (χ4n) is 1.96. The van der Waals surface area contributed by atoms with Crippen molar-refractivity contribution in [1.82, 2.24) is 0 Å². The molecule has 1 aromatic rings. The summed E-state index contributed by atoms with van der Waals surface area (Å²) in [6.07, 6.45) is 0. The second-order valence-electron chi connectivity index (χ2n) is 4.33. The van der Waals surface area contributed by atoms with Crippen LogP contribution in [0.5, 0.6) is 0 Å². The highest BCUT2D eigenvalue weighted by Crippen LogP contribution is 2.32. The van der Waals surface area contributed by atoms with Crippen molar-refractivity contribution in [3.63, 3.8) is 0 Å². The first-order chi connectivity index (χ1) is 8.80. The summed E-state index contributed by atoms with van der Waals surface area (Å²) in [6, 6.07) is 3.00. The Morgan fingerprint density at radius 3 is 2.42 bits per heavy atom. The number of aromatic carboxylic acids is 1. The monoisotopic (exact) mass is 348 g/mol. The molecule has 0 radical (unpaired) electrons. The molecule has 6 nitrogen and oxygen atoms in total. The van der Waals surface area contributed by atoms with Gasteiger partial charge in [-0.25, -0.2) is 13.2 Å². The molecular formula is C11H13BrN2O4S. The van der Waals surface area contributed by atoms with Crippen molar-refractivity contribution in [3.8, 4) is 0 Å². The van der Waals surface area contributed by atoms with E-state index >= 15 is 0 Å². The fourth-order valence-corrected chi connectivity index (χ4v) is 3.77. The average Bonchev–Trinajstić information content (AvgIpc) is 2.29. The summed E-state index contributed by atoms with van der Waals surface area (Å²) in [4.78, 5) is 12.9. The Hall–Kier alpha value is -1.28. The molecule has 1 aliphatic heterocycles. The highest BCUT2D eigenvalue weighted by atomic mass is 79.9. The van der Waals surface area contributed by atoms with Crippen molar-refractivity contribution < 1.29 is 18.3 Å². The van der Waals surface area contributed by atoms with Gasteiger partial charge in [-0.2, -0.15) is 0 Å². The molecule has 0 aromatic heterocycles. The maximum absolute atomic E-state index is 11.4. The number of carbonyl (C=O) groups is 1. The summed E-state index contributed by atoms with van der Waals surface area (Å²) in [6.45, 7) is 0.702. The molecule has 0 spiro atoms. The molecule has 0 amide bonds. The van der Waals surface area contributed by atoms with Crippen LogP contribution in [0.2, 0.25) is 0 Å². The molecular weight excluding hydrogens is 336 g/mol. The third-order valence-corrected chi connectivity index (χ3v) is 5.28. The smallest absolute Gasteiger partial charge is 0.337 e. The molecule has 0 unspecified atom stereocenters. The fraction of sp³-hybridized carbons (Fsp3) is 0.364. The predicted molar refractivity (Wildman–Crippen MR) is 76.4 cm³/mol. The van der Waals surface area contributed by atoms with Crippen molar-refractivity contribution in [2.75, 3.05) is 35.2 Å². The van der Waals surface area contributed by atoms with Gasteiger partial charge < -0.3 is 15.7 Å². The first-order valence-corrected chi connectivity index (χ1v) is 8.19. The van der Waals surface area contributed by atoms with E-state index in [4.69, 9.17) is 10.8 Å². The number of nitrogens with zero attached hydrogens (tertiary/aromatic N) is 1. The van der Waals surface area contributed by atoms with Gasteiger partial charge in [-0.1, -0.05) is 0 Å². The van der Waals surface area contributed by atoms with E-state index in [0.29, 0.717) is 23.2 Å². The van der Waals surface area contributed by atoms with Crippen molar-refractivity contribution in [3.05, 3.63) is 22.2 Å². The summed E-state index contributed by atoms with van der Waals surface area (Å²) in [5.74, 6) is -0.950. The van der Waals surface area contributed by atoms with Gasteiger partial charge >= 0.3 is 5.97 Å². The molecule has 1 fully saturated rings. The van der Waals surface area contributed by atoms with Crippen molar-refractivity contribution in [2.45, 2.75) is 0 Å². The summed E-state index contributed by atoms with van der Waals surface area (Å²) in [5.41, 5.74) is 6.49. The molecule has 0 bridgehead atoms. The van der Waals surface area contributed by atoms with Gasteiger partial charge in [-0.05, 0) is 28.1 Å². The standard InChI is InChI=1S/C11H13BrN2O4S/c12-8-6-9(13)7(11(15)16)5-10(8)14-1-3-19(17,18)4-2-14/h5-6H,1-4,13H2,(H,15,16). The number of nitrogen functional groups attached to an aromatic ring is 1. The number of hydrogen-bond acceptors (Lipinski definition) is 5. The Labute approximate surface area is 119 Å². The lowest BCUT2D eigenvalue weighted by atomic mass is 10.1. The quantitative estimate of drug-likeness (QED) is 0.772. The van der Waals surface area contributed by atoms with Crippen LogP contribution in [0.3, 0.4) is 0 Å². The number of sulfone groups is 1. The maximum Gasteiger partial charge on any atom is 0.337 e. The zero-order chi connectivity index (χ0) is 14.2.